The van der Waals surface area contributed by atoms with Crippen molar-refractivity contribution in [2.75, 3.05) is 37.9 Å². The van der Waals surface area contributed by atoms with Gasteiger partial charge >= 0.3 is 12.4 Å². The first-order valence-corrected chi connectivity index (χ1v) is 11.1. The molecule has 0 radical (unpaired) electrons. The third-order valence-electron chi connectivity index (χ3n) is 6.00. The van der Waals surface area contributed by atoms with Crippen LogP contribution in [0.5, 0.6) is 11.5 Å². The van der Waals surface area contributed by atoms with Crippen LogP contribution in [0.15, 0.2) is 48.7 Å². The van der Waals surface area contributed by atoms with Crippen LogP contribution in [0.25, 0.3) is 11.3 Å². The van der Waals surface area contributed by atoms with Crippen molar-refractivity contribution in [3.8, 4) is 22.8 Å². The Bertz CT molecular complexity index is 1300. The predicted molar refractivity (Wildman–Crippen MR) is 118 cm³/mol. The van der Waals surface area contributed by atoms with Crippen LogP contribution in [0.4, 0.5) is 32.3 Å². The first-order valence-electron chi connectivity index (χ1n) is 11.1. The van der Waals surface area contributed by atoms with Gasteiger partial charge in [-0.1, -0.05) is 0 Å². The maximum absolute atomic E-state index is 13.2. The number of anilines is 1. The molecular weight excluding hydrogens is 506 g/mol. The number of hydrogen-bond donors (Lipinski definition) is 0. The van der Waals surface area contributed by atoms with Gasteiger partial charge in [0.15, 0.2) is 11.5 Å². The summed E-state index contributed by atoms with van der Waals surface area (Å²) in [6.45, 7) is 0.736. The number of nitrogens with zero attached hydrogens (tertiary/aromatic N) is 4. The molecular formula is C24H18F6N4O3. The number of piperazine rings is 1. The zero-order chi connectivity index (χ0) is 26.4. The molecule has 5 rings (SSSR count). The van der Waals surface area contributed by atoms with Crippen LogP contribution in [0.2, 0.25) is 0 Å². The Balaban J connectivity index is 1.31. The van der Waals surface area contributed by atoms with E-state index in [4.69, 9.17) is 9.47 Å². The number of fused-ring (bicyclic) bond motifs is 1. The summed E-state index contributed by atoms with van der Waals surface area (Å²) in [5.74, 6) is 0.682. The Morgan fingerprint density at radius 1 is 0.811 bits per heavy atom. The number of carbonyl (C=O) groups is 1. The van der Waals surface area contributed by atoms with Crippen molar-refractivity contribution >= 4 is 11.9 Å². The molecule has 3 heterocycles. The van der Waals surface area contributed by atoms with Gasteiger partial charge < -0.3 is 19.3 Å². The molecule has 0 unspecified atom stereocenters. The van der Waals surface area contributed by atoms with Gasteiger partial charge in [0.25, 0.3) is 5.91 Å². The number of aromatic nitrogens is 2. The summed E-state index contributed by atoms with van der Waals surface area (Å²) in [5.41, 5.74) is -2.34. The summed E-state index contributed by atoms with van der Waals surface area (Å²) in [4.78, 5) is 24.7. The molecule has 2 aromatic carbocycles. The molecule has 2 aliphatic rings. The number of halogens is 6. The first kappa shape index (κ1) is 24.7. The van der Waals surface area contributed by atoms with E-state index in [0.29, 0.717) is 35.3 Å². The van der Waals surface area contributed by atoms with Crippen molar-refractivity contribution in [3.05, 3.63) is 65.4 Å². The van der Waals surface area contributed by atoms with Crippen molar-refractivity contribution in [2.45, 2.75) is 12.4 Å². The Morgan fingerprint density at radius 2 is 1.46 bits per heavy atom. The van der Waals surface area contributed by atoms with Gasteiger partial charge in [-0.15, -0.1) is 0 Å². The highest BCUT2D eigenvalue weighted by Crippen LogP contribution is 2.37. The summed E-state index contributed by atoms with van der Waals surface area (Å²) in [6, 6.07) is 7.98. The molecule has 0 spiro atoms. The summed E-state index contributed by atoms with van der Waals surface area (Å²) in [6.07, 6.45) is -8.49. The van der Waals surface area contributed by atoms with Gasteiger partial charge in [0.2, 0.25) is 12.7 Å². The van der Waals surface area contributed by atoms with Crippen molar-refractivity contribution in [2.24, 2.45) is 0 Å². The maximum atomic E-state index is 13.2. The van der Waals surface area contributed by atoms with Crippen LogP contribution >= 0.6 is 0 Å². The third kappa shape index (κ3) is 5.11. The first-order chi connectivity index (χ1) is 17.5. The summed E-state index contributed by atoms with van der Waals surface area (Å²) in [7, 11) is 0. The maximum Gasteiger partial charge on any atom is 0.416 e. The number of ether oxygens (including phenoxy) is 2. The molecule has 0 saturated carbocycles. The number of rotatable bonds is 3. The van der Waals surface area contributed by atoms with Gasteiger partial charge in [0.1, 0.15) is 0 Å². The van der Waals surface area contributed by atoms with E-state index >= 15 is 0 Å². The molecule has 0 bridgehead atoms. The highest BCUT2D eigenvalue weighted by Gasteiger charge is 2.38. The Labute approximate surface area is 206 Å². The van der Waals surface area contributed by atoms with E-state index < -0.39 is 35.0 Å². The quantitative estimate of drug-likeness (QED) is 0.456. The fourth-order valence-corrected chi connectivity index (χ4v) is 4.09. The number of alkyl halides is 6. The van der Waals surface area contributed by atoms with E-state index in [1.807, 2.05) is 6.07 Å². The highest BCUT2D eigenvalue weighted by molar-refractivity contribution is 5.95. The van der Waals surface area contributed by atoms with Crippen LogP contribution in [-0.4, -0.2) is 53.7 Å². The Kier molecular flexibility index (Phi) is 6.08. The lowest BCUT2D eigenvalue weighted by Gasteiger charge is -2.35. The van der Waals surface area contributed by atoms with E-state index in [0.717, 1.165) is 5.56 Å². The third-order valence-corrected chi connectivity index (χ3v) is 6.00. The van der Waals surface area contributed by atoms with Gasteiger partial charge in [-0.05, 0) is 42.5 Å². The smallest absolute Gasteiger partial charge is 0.416 e. The fraction of sp³-hybridized carbons (Fsp3) is 0.292. The molecule has 7 nitrogen and oxygen atoms in total. The van der Waals surface area contributed by atoms with Gasteiger partial charge in [0.05, 0.1) is 16.8 Å². The molecule has 0 N–H and O–H groups in total. The molecule has 13 heteroatoms. The van der Waals surface area contributed by atoms with Gasteiger partial charge in [-0.2, -0.15) is 26.3 Å². The molecule has 194 valence electrons. The SMILES string of the molecule is O=C(c1cc(C(F)(F)F)cc(C(F)(F)F)c1)N1CCN(c2nccc(-c3ccc4c(c3)OCO4)n2)CC1. The molecule has 1 amide bonds. The lowest BCUT2D eigenvalue weighted by atomic mass is 10.0. The normalized spacial score (nSPS) is 15.7. The minimum absolute atomic E-state index is 0.000800. The van der Waals surface area contributed by atoms with Gasteiger partial charge in [-0.25, -0.2) is 9.97 Å². The van der Waals surface area contributed by atoms with Crippen LogP contribution in [0.3, 0.4) is 0 Å². The molecule has 0 atom stereocenters. The topological polar surface area (TPSA) is 67.8 Å². The van der Waals surface area contributed by atoms with E-state index in [-0.39, 0.29) is 39.0 Å². The van der Waals surface area contributed by atoms with Crippen molar-refractivity contribution in [1.82, 2.24) is 14.9 Å². The Morgan fingerprint density at radius 3 is 2.11 bits per heavy atom. The molecule has 3 aromatic rings. The molecule has 1 saturated heterocycles. The summed E-state index contributed by atoms with van der Waals surface area (Å²) < 4.78 is 89.8. The molecule has 1 aromatic heterocycles. The number of carbonyl (C=O) groups excluding carboxylic acids is 1. The van der Waals surface area contributed by atoms with Crippen molar-refractivity contribution in [3.63, 3.8) is 0 Å². The number of benzene rings is 2. The average molecular weight is 524 g/mol. The second kappa shape index (κ2) is 9.12. The van der Waals surface area contributed by atoms with Crippen molar-refractivity contribution < 1.29 is 40.6 Å². The highest BCUT2D eigenvalue weighted by atomic mass is 19.4. The van der Waals surface area contributed by atoms with Crippen LogP contribution in [-0.2, 0) is 12.4 Å². The summed E-state index contributed by atoms with van der Waals surface area (Å²) in [5, 5.41) is 0. The molecule has 2 aliphatic heterocycles. The van der Waals surface area contributed by atoms with E-state index in [2.05, 4.69) is 9.97 Å². The minimum atomic E-state index is -5.03. The second-order valence-electron chi connectivity index (χ2n) is 8.38. The van der Waals surface area contributed by atoms with Gasteiger partial charge in [-0.3, -0.25) is 4.79 Å². The van der Waals surface area contributed by atoms with E-state index in [1.54, 1.807) is 29.3 Å². The van der Waals surface area contributed by atoms with Gasteiger partial charge in [0, 0.05) is 43.5 Å². The number of hydrogen-bond acceptors (Lipinski definition) is 6. The lowest BCUT2D eigenvalue weighted by Crippen LogP contribution is -2.49. The Hall–Kier alpha value is -4.03. The fourth-order valence-electron chi connectivity index (χ4n) is 4.09. The van der Waals surface area contributed by atoms with Crippen LogP contribution < -0.4 is 14.4 Å². The monoisotopic (exact) mass is 524 g/mol. The summed E-state index contributed by atoms with van der Waals surface area (Å²) >= 11 is 0. The van der Waals surface area contributed by atoms with E-state index in [9.17, 15) is 31.1 Å². The number of amides is 1. The zero-order valence-electron chi connectivity index (χ0n) is 18.9. The molecule has 1 fully saturated rings. The zero-order valence-corrected chi connectivity index (χ0v) is 18.9. The lowest BCUT2D eigenvalue weighted by molar-refractivity contribution is -0.143. The second-order valence-corrected chi connectivity index (χ2v) is 8.38. The average Bonchev–Trinajstić information content (AvgIpc) is 3.35. The van der Waals surface area contributed by atoms with Crippen LogP contribution in [0, 0.1) is 0 Å². The largest absolute Gasteiger partial charge is 0.454 e. The predicted octanol–water partition coefficient (Wildman–Crippen LogP) is 4.87. The van der Waals surface area contributed by atoms with E-state index in [1.165, 1.54) is 4.90 Å². The standard InChI is InChI=1S/C24H18F6N4O3/c25-23(26,27)16-9-15(10-17(12-16)24(28,29)30)21(35)33-5-7-34(8-6-33)22-31-4-3-18(32-22)14-1-2-19-20(11-14)37-13-36-19/h1-4,9-12H,5-8,13H2. The van der Waals surface area contributed by atoms with Crippen LogP contribution in [0.1, 0.15) is 21.5 Å². The van der Waals surface area contributed by atoms with Crippen molar-refractivity contribution in [1.29, 1.82) is 0 Å². The minimum Gasteiger partial charge on any atom is -0.454 e. The molecule has 0 aliphatic carbocycles. The molecule has 37 heavy (non-hydrogen) atoms.